The number of sulfonamides is 1. The summed E-state index contributed by atoms with van der Waals surface area (Å²) in [6.07, 6.45) is 0.274. The zero-order valence-electron chi connectivity index (χ0n) is 9.93. The number of nitrogen functional groups attached to an aromatic ring is 1. The lowest BCUT2D eigenvalue weighted by atomic mass is 10.2. The van der Waals surface area contributed by atoms with Crippen molar-refractivity contribution in [3.05, 3.63) is 18.2 Å². The summed E-state index contributed by atoms with van der Waals surface area (Å²) in [7, 11) is -2.25. The second-order valence-electron chi connectivity index (χ2n) is 3.69. The van der Waals surface area contributed by atoms with Crippen LogP contribution in [-0.4, -0.2) is 27.9 Å². The van der Waals surface area contributed by atoms with E-state index < -0.39 is 10.0 Å². The molecule has 0 unspecified atom stereocenters. The van der Waals surface area contributed by atoms with Gasteiger partial charge in [-0.2, -0.15) is 0 Å². The Hall–Kier alpha value is -1.80. The monoisotopic (exact) mass is 272 g/mol. The molecule has 1 amide bonds. The molecule has 0 atom stereocenters. The first-order chi connectivity index (χ1) is 8.32. The third-order valence-corrected chi connectivity index (χ3v) is 3.11. The summed E-state index contributed by atoms with van der Waals surface area (Å²) in [4.78, 5) is 10.9. The summed E-state index contributed by atoms with van der Waals surface area (Å²) in [5.41, 5.74) is 6.36. The summed E-state index contributed by atoms with van der Waals surface area (Å²) in [5.74, 6) is -0.113. The molecule has 1 rings (SSSR count). The number of hydrogen-bond acceptors (Lipinski definition) is 5. The standard InChI is InChI=1S/C10H16N4O3S/c1-13-10(15)2-3-14-8-4-7(11)5-9(6-8)18(12,16)17/h4-6,14H,2-3,11H2,1H3,(H,13,15)(H2,12,16,17). The van der Waals surface area contributed by atoms with E-state index in [4.69, 9.17) is 10.9 Å². The lowest BCUT2D eigenvalue weighted by molar-refractivity contribution is -0.120. The number of amides is 1. The highest BCUT2D eigenvalue weighted by molar-refractivity contribution is 7.89. The van der Waals surface area contributed by atoms with Gasteiger partial charge in [-0.15, -0.1) is 0 Å². The molecule has 1 aromatic rings. The average molecular weight is 272 g/mol. The van der Waals surface area contributed by atoms with Crippen molar-refractivity contribution in [2.75, 3.05) is 24.6 Å². The normalized spacial score (nSPS) is 11.0. The van der Waals surface area contributed by atoms with Crippen molar-refractivity contribution in [3.8, 4) is 0 Å². The maximum absolute atomic E-state index is 11.2. The van der Waals surface area contributed by atoms with Crippen molar-refractivity contribution in [3.63, 3.8) is 0 Å². The minimum Gasteiger partial charge on any atom is -0.399 e. The molecule has 8 heteroatoms. The van der Waals surface area contributed by atoms with Gasteiger partial charge in [0.05, 0.1) is 4.90 Å². The summed E-state index contributed by atoms with van der Waals surface area (Å²) in [6.45, 7) is 0.368. The van der Waals surface area contributed by atoms with Crippen LogP contribution < -0.4 is 21.5 Å². The topological polar surface area (TPSA) is 127 Å². The van der Waals surface area contributed by atoms with Crippen LogP contribution in [0, 0.1) is 0 Å². The zero-order chi connectivity index (χ0) is 13.8. The summed E-state index contributed by atoms with van der Waals surface area (Å²) in [5, 5.41) is 10.4. The molecule has 100 valence electrons. The van der Waals surface area contributed by atoms with E-state index in [9.17, 15) is 13.2 Å². The van der Waals surface area contributed by atoms with Gasteiger partial charge in [-0.05, 0) is 18.2 Å². The fourth-order valence-corrected chi connectivity index (χ4v) is 1.93. The maximum Gasteiger partial charge on any atom is 0.238 e. The van der Waals surface area contributed by atoms with Gasteiger partial charge in [0.15, 0.2) is 0 Å². The molecule has 0 aliphatic carbocycles. The van der Waals surface area contributed by atoms with E-state index in [0.29, 0.717) is 12.2 Å². The van der Waals surface area contributed by atoms with E-state index >= 15 is 0 Å². The molecule has 0 aliphatic rings. The number of primary sulfonamides is 1. The Bertz CT molecular complexity index is 542. The molecule has 0 heterocycles. The van der Waals surface area contributed by atoms with E-state index in [0.717, 1.165) is 0 Å². The van der Waals surface area contributed by atoms with Crippen molar-refractivity contribution >= 4 is 27.3 Å². The zero-order valence-corrected chi connectivity index (χ0v) is 10.8. The van der Waals surface area contributed by atoms with Gasteiger partial charge in [0.1, 0.15) is 0 Å². The number of nitrogens with one attached hydrogen (secondary N) is 2. The SMILES string of the molecule is CNC(=O)CCNc1cc(N)cc(S(N)(=O)=O)c1. The third kappa shape index (κ3) is 4.22. The number of carbonyl (C=O) groups is 1. The molecule has 0 spiro atoms. The predicted molar refractivity (Wildman–Crippen MR) is 69.4 cm³/mol. The number of anilines is 2. The van der Waals surface area contributed by atoms with Crippen molar-refractivity contribution in [1.82, 2.24) is 5.32 Å². The lowest BCUT2D eigenvalue weighted by Gasteiger charge is -2.08. The number of rotatable bonds is 5. The van der Waals surface area contributed by atoms with Gasteiger partial charge in [0.2, 0.25) is 15.9 Å². The molecule has 7 nitrogen and oxygen atoms in total. The highest BCUT2D eigenvalue weighted by Crippen LogP contribution is 2.19. The largest absolute Gasteiger partial charge is 0.399 e. The van der Waals surface area contributed by atoms with Gasteiger partial charge in [0.25, 0.3) is 0 Å². The first kappa shape index (κ1) is 14.3. The Morgan fingerprint density at radius 2 is 2.00 bits per heavy atom. The van der Waals surface area contributed by atoms with Crippen molar-refractivity contribution in [1.29, 1.82) is 0 Å². The molecule has 0 aliphatic heterocycles. The summed E-state index contributed by atoms with van der Waals surface area (Å²) in [6, 6.07) is 4.22. The van der Waals surface area contributed by atoms with Crippen molar-refractivity contribution in [2.24, 2.45) is 5.14 Å². The Morgan fingerprint density at radius 1 is 1.33 bits per heavy atom. The van der Waals surface area contributed by atoms with Crippen LogP contribution in [0.2, 0.25) is 0 Å². The molecule has 6 N–H and O–H groups in total. The number of nitrogens with two attached hydrogens (primary N) is 2. The van der Waals surface area contributed by atoms with Gasteiger partial charge in [-0.3, -0.25) is 4.79 Å². The molecular formula is C10H16N4O3S. The van der Waals surface area contributed by atoms with Gasteiger partial charge in [-0.1, -0.05) is 0 Å². The van der Waals surface area contributed by atoms with Gasteiger partial charge in [0, 0.05) is 31.4 Å². The second-order valence-corrected chi connectivity index (χ2v) is 5.25. The maximum atomic E-state index is 11.2. The molecular weight excluding hydrogens is 256 g/mol. The summed E-state index contributed by atoms with van der Waals surface area (Å²) >= 11 is 0. The fraction of sp³-hybridized carbons (Fsp3) is 0.300. The Kier molecular flexibility index (Phi) is 4.51. The Labute approximate surface area is 106 Å². The number of benzene rings is 1. The fourth-order valence-electron chi connectivity index (χ4n) is 1.33. The Morgan fingerprint density at radius 3 is 2.56 bits per heavy atom. The molecule has 0 radical (unpaired) electrons. The van der Waals surface area contributed by atoms with E-state index in [1.165, 1.54) is 12.1 Å². The molecule has 0 bridgehead atoms. The van der Waals surface area contributed by atoms with Crippen LogP contribution >= 0.6 is 0 Å². The van der Waals surface area contributed by atoms with Crippen molar-refractivity contribution < 1.29 is 13.2 Å². The van der Waals surface area contributed by atoms with Crippen LogP contribution in [0.25, 0.3) is 0 Å². The minimum absolute atomic E-state index is 0.0649. The van der Waals surface area contributed by atoms with Gasteiger partial charge >= 0.3 is 0 Å². The van der Waals surface area contributed by atoms with Crippen LogP contribution in [0.5, 0.6) is 0 Å². The highest BCUT2D eigenvalue weighted by Gasteiger charge is 2.09. The molecule has 18 heavy (non-hydrogen) atoms. The molecule has 1 aromatic carbocycles. The van der Waals surface area contributed by atoms with Crippen LogP contribution in [-0.2, 0) is 14.8 Å². The molecule has 0 saturated carbocycles. The van der Waals surface area contributed by atoms with E-state index in [-0.39, 0.29) is 22.9 Å². The predicted octanol–water partition coefficient (Wildman–Crippen LogP) is -0.536. The lowest BCUT2D eigenvalue weighted by Crippen LogP contribution is -2.21. The highest BCUT2D eigenvalue weighted by atomic mass is 32.2. The first-order valence-corrected chi connectivity index (χ1v) is 6.75. The molecule has 0 saturated heterocycles. The first-order valence-electron chi connectivity index (χ1n) is 5.21. The van der Waals surface area contributed by atoms with Crippen LogP contribution in [0.3, 0.4) is 0 Å². The van der Waals surface area contributed by atoms with E-state index in [1.54, 1.807) is 13.1 Å². The van der Waals surface area contributed by atoms with Crippen LogP contribution in [0.15, 0.2) is 23.1 Å². The number of carbonyl (C=O) groups excluding carboxylic acids is 1. The van der Waals surface area contributed by atoms with E-state index in [2.05, 4.69) is 10.6 Å². The second kappa shape index (κ2) is 5.69. The number of hydrogen-bond donors (Lipinski definition) is 4. The quantitative estimate of drug-likeness (QED) is 0.535. The summed E-state index contributed by atoms with van der Waals surface area (Å²) < 4.78 is 22.4. The van der Waals surface area contributed by atoms with Crippen molar-refractivity contribution in [2.45, 2.75) is 11.3 Å². The Balaban J connectivity index is 2.78. The molecule has 0 aromatic heterocycles. The molecule has 0 fully saturated rings. The van der Waals surface area contributed by atoms with Crippen LogP contribution in [0.1, 0.15) is 6.42 Å². The van der Waals surface area contributed by atoms with Gasteiger partial charge < -0.3 is 16.4 Å². The smallest absolute Gasteiger partial charge is 0.238 e. The van der Waals surface area contributed by atoms with E-state index in [1.807, 2.05) is 0 Å². The minimum atomic E-state index is -3.79. The average Bonchev–Trinajstić information content (AvgIpc) is 2.27. The van der Waals surface area contributed by atoms with Crippen LogP contribution in [0.4, 0.5) is 11.4 Å². The third-order valence-electron chi connectivity index (χ3n) is 2.22. The van der Waals surface area contributed by atoms with Gasteiger partial charge in [-0.25, -0.2) is 13.6 Å².